The van der Waals surface area contributed by atoms with E-state index >= 15 is 0 Å². The van der Waals surface area contributed by atoms with Crippen LogP contribution in [-0.2, 0) is 4.79 Å². The molecule has 1 N–H and O–H groups in total. The number of hydrogen-bond acceptors (Lipinski definition) is 4. The third kappa shape index (κ3) is 5.56. The van der Waals surface area contributed by atoms with Gasteiger partial charge in [0.1, 0.15) is 0 Å². The van der Waals surface area contributed by atoms with Gasteiger partial charge in [0.25, 0.3) is 0 Å². The quantitative estimate of drug-likeness (QED) is 0.285. The molecule has 0 aliphatic carbocycles. The Balaban J connectivity index is 1.52. The zero-order chi connectivity index (χ0) is 23.4. The van der Waals surface area contributed by atoms with Gasteiger partial charge >= 0.3 is 0 Å². The van der Waals surface area contributed by atoms with Crippen LogP contribution in [0.4, 0.5) is 5.13 Å². The molecule has 1 aromatic heterocycles. The minimum absolute atomic E-state index is 0.0303. The maximum Gasteiger partial charge on any atom is 0.226 e. The highest BCUT2D eigenvalue weighted by Crippen LogP contribution is 2.39. The second kappa shape index (κ2) is 10.1. The number of carbonyl (C=O) groups excluding carboxylic acids is 2. The molecule has 166 valence electrons. The second-order valence-corrected chi connectivity index (χ2v) is 9.29. The Hall–Kier alpha value is -3.28. The van der Waals surface area contributed by atoms with E-state index in [1.807, 2.05) is 86.6 Å². The fraction of sp³-hybridized carbons (Fsp3) is 0.148. The molecule has 3 aromatic carbocycles. The van der Waals surface area contributed by atoms with Crippen molar-refractivity contribution in [2.45, 2.75) is 26.7 Å². The summed E-state index contributed by atoms with van der Waals surface area (Å²) in [5, 5.41) is 4.04. The minimum Gasteiger partial charge on any atom is -0.302 e. The second-order valence-electron chi connectivity index (χ2n) is 7.86. The Morgan fingerprint density at radius 3 is 2.36 bits per heavy atom. The number of nitrogens with one attached hydrogen (secondary N) is 1. The number of anilines is 1. The van der Waals surface area contributed by atoms with Crippen molar-refractivity contribution >= 4 is 39.8 Å². The molecule has 1 amide bonds. The van der Waals surface area contributed by atoms with E-state index in [9.17, 15) is 9.59 Å². The van der Waals surface area contributed by atoms with Crippen LogP contribution in [0.25, 0.3) is 21.7 Å². The number of hydrogen-bond donors (Lipinski definition) is 1. The smallest absolute Gasteiger partial charge is 0.226 e. The molecule has 0 atom stereocenters. The average molecular weight is 475 g/mol. The van der Waals surface area contributed by atoms with Crippen molar-refractivity contribution in [2.75, 3.05) is 5.32 Å². The van der Waals surface area contributed by atoms with Crippen molar-refractivity contribution in [1.29, 1.82) is 0 Å². The normalized spacial score (nSPS) is 10.8. The van der Waals surface area contributed by atoms with E-state index in [0.29, 0.717) is 15.7 Å². The third-order valence-corrected chi connectivity index (χ3v) is 6.57. The van der Waals surface area contributed by atoms with E-state index in [-0.39, 0.29) is 24.5 Å². The van der Waals surface area contributed by atoms with E-state index in [4.69, 9.17) is 16.6 Å². The largest absolute Gasteiger partial charge is 0.302 e. The van der Waals surface area contributed by atoms with Crippen LogP contribution < -0.4 is 5.32 Å². The van der Waals surface area contributed by atoms with Gasteiger partial charge < -0.3 is 5.32 Å². The van der Waals surface area contributed by atoms with Crippen LogP contribution in [0.2, 0.25) is 5.02 Å². The summed E-state index contributed by atoms with van der Waals surface area (Å²) in [5.74, 6) is -0.262. The van der Waals surface area contributed by atoms with Crippen LogP contribution in [-0.4, -0.2) is 16.7 Å². The van der Waals surface area contributed by atoms with E-state index in [2.05, 4.69) is 5.32 Å². The highest BCUT2D eigenvalue weighted by molar-refractivity contribution is 7.19. The molecule has 0 saturated heterocycles. The Morgan fingerprint density at radius 2 is 1.64 bits per heavy atom. The van der Waals surface area contributed by atoms with Crippen molar-refractivity contribution < 1.29 is 9.59 Å². The van der Waals surface area contributed by atoms with Gasteiger partial charge in [-0.2, -0.15) is 0 Å². The van der Waals surface area contributed by atoms with Gasteiger partial charge in [-0.3, -0.25) is 9.59 Å². The first-order chi connectivity index (χ1) is 15.9. The summed E-state index contributed by atoms with van der Waals surface area (Å²) in [6.07, 6.45) is 0.250. The van der Waals surface area contributed by atoms with Gasteiger partial charge in [-0.05, 0) is 43.2 Å². The van der Waals surface area contributed by atoms with Crippen molar-refractivity contribution in [3.05, 3.63) is 94.5 Å². The zero-order valence-electron chi connectivity index (χ0n) is 18.4. The number of ketones is 1. The molecule has 0 fully saturated rings. The molecule has 0 aliphatic heterocycles. The summed E-state index contributed by atoms with van der Waals surface area (Å²) in [5.41, 5.74) is 5.36. The standard InChI is InChI=1S/C27H23ClN2O2S/c1-17-8-9-18(2)22(16-17)23(31)14-15-24(32)29-27-30-25(19-6-4-3-5-7-19)26(33-27)20-10-12-21(28)13-11-20/h3-13,16H,14-15H2,1-2H3,(H,29,30,32). The van der Waals surface area contributed by atoms with Gasteiger partial charge in [0, 0.05) is 29.0 Å². The van der Waals surface area contributed by atoms with Crippen molar-refractivity contribution in [3.63, 3.8) is 0 Å². The van der Waals surface area contributed by atoms with E-state index < -0.39 is 0 Å². The lowest BCUT2D eigenvalue weighted by atomic mass is 9.99. The molecular weight excluding hydrogens is 452 g/mol. The van der Waals surface area contributed by atoms with Crippen LogP contribution in [0.1, 0.15) is 34.3 Å². The first kappa shape index (κ1) is 22.9. The molecule has 4 aromatic rings. The fourth-order valence-electron chi connectivity index (χ4n) is 3.54. The number of thiazole rings is 1. The van der Waals surface area contributed by atoms with Crippen molar-refractivity contribution in [2.24, 2.45) is 0 Å². The molecule has 0 radical (unpaired) electrons. The summed E-state index contributed by atoms with van der Waals surface area (Å²) >= 11 is 7.46. The first-order valence-electron chi connectivity index (χ1n) is 10.6. The highest BCUT2D eigenvalue weighted by Gasteiger charge is 2.17. The van der Waals surface area contributed by atoms with Gasteiger partial charge in [0.15, 0.2) is 10.9 Å². The first-order valence-corrected chi connectivity index (χ1v) is 11.8. The molecular formula is C27H23ClN2O2S. The predicted molar refractivity (Wildman–Crippen MR) is 136 cm³/mol. The van der Waals surface area contributed by atoms with Gasteiger partial charge in [-0.15, -0.1) is 0 Å². The summed E-state index contributed by atoms with van der Waals surface area (Å²) in [4.78, 5) is 30.9. The molecule has 33 heavy (non-hydrogen) atoms. The lowest BCUT2D eigenvalue weighted by Crippen LogP contribution is -2.13. The molecule has 0 spiro atoms. The number of amides is 1. The molecule has 1 heterocycles. The highest BCUT2D eigenvalue weighted by atomic mass is 35.5. The SMILES string of the molecule is Cc1ccc(C)c(C(=O)CCC(=O)Nc2nc(-c3ccccc3)c(-c3ccc(Cl)cc3)s2)c1. The maximum absolute atomic E-state index is 12.6. The Kier molecular flexibility index (Phi) is 7.02. The third-order valence-electron chi connectivity index (χ3n) is 5.30. The van der Waals surface area contributed by atoms with Crippen LogP contribution in [0.5, 0.6) is 0 Å². The Bertz CT molecular complexity index is 1300. The van der Waals surface area contributed by atoms with Crippen molar-refractivity contribution in [3.8, 4) is 21.7 Å². The lowest BCUT2D eigenvalue weighted by Gasteiger charge is -2.06. The molecule has 6 heteroatoms. The average Bonchev–Trinajstić information content (AvgIpc) is 3.23. The zero-order valence-corrected chi connectivity index (χ0v) is 20.0. The lowest BCUT2D eigenvalue weighted by molar-refractivity contribution is -0.116. The summed E-state index contributed by atoms with van der Waals surface area (Å²) in [6, 6.07) is 23.2. The molecule has 0 aliphatic rings. The van der Waals surface area contributed by atoms with Gasteiger partial charge in [0.05, 0.1) is 10.6 Å². The van der Waals surface area contributed by atoms with Crippen molar-refractivity contribution in [1.82, 2.24) is 4.98 Å². The summed E-state index contributed by atoms with van der Waals surface area (Å²) in [7, 11) is 0. The number of benzene rings is 3. The number of aryl methyl sites for hydroxylation is 2. The molecule has 4 nitrogen and oxygen atoms in total. The summed E-state index contributed by atoms with van der Waals surface area (Å²) in [6.45, 7) is 3.86. The minimum atomic E-state index is -0.232. The van der Waals surface area contributed by atoms with Gasteiger partial charge in [-0.25, -0.2) is 4.98 Å². The predicted octanol–water partition coefficient (Wildman–Crippen LogP) is 7.35. The number of Topliss-reactive ketones (excluding diaryl/α,β-unsaturated/α-hetero) is 1. The number of aromatic nitrogens is 1. The molecule has 0 saturated carbocycles. The van der Waals surface area contributed by atoms with Crippen LogP contribution in [0.3, 0.4) is 0 Å². The monoisotopic (exact) mass is 474 g/mol. The fourth-order valence-corrected chi connectivity index (χ4v) is 4.68. The molecule has 0 bridgehead atoms. The number of halogens is 1. The van der Waals surface area contributed by atoms with Crippen LogP contribution in [0, 0.1) is 13.8 Å². The Morgan fingerprint density at radius 1 is 0.909 bits per heavy atom. The Labute approximate surface area is 202 Å². The number of rotatable bonds is 7. The van der Waals surface area contributed by atoms with Gasteiger partial charge in [-0.1, -0.05) is 83.1 Å². The summed E-state index contributed by atoms with van der Waals surface area (Å²) < 4.78 is 0. The van der Waals surface area contributed by atoms with Gasteiger partial charge in [0.2, 0.25) is 5.91 Å². The van der Waals surface area contributed by atoms with Crippen LogP contribution >= 0.6 is 22.9 Å². The number of nitrogens with zero attached hydrogens (tertiary/aromatic N) is 1. The van der Waals surface area contributed by atoms with E-state index in [0.717, 1.165) is 32.8 Å². The molecule has 4 rings (SSSR count). The maximum atomic E-state index is 12.6. The molecule has 0 unspecified atom stereocenters. The topological polar surface area (TPSA) is 59.1 Å². The van der Waals surface area contributed by atoms with Crippen LogP contribution in [0.15, 0.2) is 72.8 Å². The van der Waals surface area contributed by atoms with E-state index in [1.165, 1.54) is 11.3 Å². The number of carbonyl (C=O) groups is 2. The van der Waals surface area contributed by atoms with E-state index in [1.54, 1.807) is 0 Å².